The number of carbonyl (C=O) groups is 2. The van der Waals surface area contributed by atoms with Gasteiger partial charge in [-0.25, -0.2) is 4.39 Å². The van der Waals surface area contributed by atoms with Crippen molar-refractivity contribution in [2.24, 2.45) is 0 Å². The Morgan fingerprint density at radius 2 is 1.77 bits per heavy atom. The van der Waals surface area contributed by atoms with Crippen molar-refractivity contribution in [1.82, 2.24) is 4.90 Å². The molecule has 0 unspecified atom stereocenters. The molecule has 2 aromatic rings. The molecule has 0 aliphatic carbocycles. The third-order valence-corrected chi connectivity index (χ3v) is 5.47. The van der Waals surface area contributed by atoms with Crippen molar-refractivity contribution < 1.29 is 18.7 Å². The minimum atomic E-state index is -0.411. The van der Waals surface area contributed by atoms with Gasteiger partial charge in [0.1, 0.15) is 11.6 Å². The molecule has 1 saturated heterocycles. The van der Waals surface area contributed by atoms with Gasteiger partial charge in [0.05, 0.1) is 5.69 Å². The molecule has 30 heavy (non-hydrogen) atoms. The minimum Gasteiger partial charge on any atom is -0.483 e. The molecular formula is C24H29FN2O3. The summed E-state index contributed by atoms with van der Waals surface area (Å²) in [6.07, 6.45) is 0. The number of aryl methyl sites for hydroxylation is 1. The van der Waals surface area contributed by atoms with E-state index in [0.717, 1.165) is 16.9 Å². The molecule has 160 valence electrons. The van der Waals surface area contributed by atoms with Crippen LogP contribution in [0, 0.1) is 12.7 Å². The van der Waals surface area contributed by atoms with Gasteiger partial charge in [-0.05, 0) is 55.2 Å². The first-order valence-electron chi connectivity index (χ1n) is 10.3. The minimum absolute atomic E-state index is 0.00908. The zero-order valence-electron chi connectivity index (χ0n) is 18.1. The molecule has 0 bridgehead atoms. The number of ether oxygens (including phenoxy) is 1. The first-order valence-corrected chi connectivity index (χ1v) is 10.3. The van der Waals surface area contributed by atoms with Crippen LogP contribution in [0.1, 0.15) is 48.2 Å². The van der Waals surface area contributed by atoms with Crippen LogP contribution in [0.25, 0.3) is 0 Å². The standard InChI is InChI=1S/C24H29FN2O3/c1-16(2)20-7-5-17(3)13-23(20)30-15-24(29)27-11-9-26(10-12-27)22-8-6-19(18(4)28)14-21(22)25/h5-8,13-14,16H,9-12,15H2,1-4H3. The van der Waals surface area contributed by atoms with E-state index in [9.17, 15) is 14.0 Å². The third-order valence-electron chi connectivity index (χ3n) is 5.47. The lowest BCUT2D eigenvalue weighted by Gasteiger charge is -2.36. The van der Waals surface area contributed by atoms with Crippen molar-refractivity contribution in [2.75, 3.05) is 37.7 Å². The monoisotopic (exact) mass is 412 g/mol. The van der Waals surface area contributed by atoms with Gasteiger partial charge in [0.2, 0.25) is 0 Å². The fourth-order valence-corrected chi connectivity index (χ4v) is 3.65. The largest absolute Gasteiger partial charge is 0.483 e. The van der Waals surface area contributed by atoms with Crippen LogP contribution >= 0.6 is 0 Å². The lowest BCUT2D eigenvalue weighted by atomic mass is 10.0. The lowest BCUT2D eigenvalue weighted by Crippen LogP contribution is -2.50. The highest BCUT2D eigenvalue weighted by Crippen LogP contribution is 2.27. The number of hydrogen-bond acceptors (Lipinski definition) is 4. The van der Waals surface area contributed by atoms with Crippen LogP contribution in [0.2, 0.25) is 0 Å². The van der Waals surface area contributed by atoms with Gasteiger partial charge in [-0.1, -0.05) is 26.0 Å². The smallest absolute Gasteiger partial charge is 0.260 e. The van der Waals surface area contributed by atoms with Gasteiger partial charge in [-0.2, -0.15) is 0 Å². The molecule has 0 radical (unpaired) electrons. The van der Waals surface area contributed by atoms with Gasteiger partial charge >= 0.3 is 0 Å². The summed E-state index contributed by atoms with van der Waals surface area (Å²) in [6.45, 7) is 9.67. The Bertz CT molecular complexity index is 934. The van der Waals surface area contributed by atoms with E-state index in [1.54, 1.807) is 17.0 Å². The van der Waals surface area contributed by atoms with Gasteiger partial charge in [0.25, 0.3) is 5.91 Å². The summed E-state index contributed by atoms with van der Waals surface area (Å²) in [6, 6.07) is 10.6. The predicted molar refractivity (Wildman–Crippen MR) is 116 cm³/mol. The fraction of sp³-hybridized carbons (Fsp3) is 0.417. The summed E-state index contributed by atoms with van der Waals surface area (Å²) >= 11 is 0. The zero-order valence-corrected chi connectivity index (χ0v) is 18.1. The van der Waals surface area contributed by atoms with Crippen molar-refractivity contribution >= 4 is 17.4 Å². The quantitative estimate of drug-likeness (QED) is 0.668. The molecule has 6 heteroatoms. The highest BCUT2D eigenvalue weighted by Gasteiger charge is 2.24. The highest BCUT2D eigenvalue weighted by molar-refractivity contribution is 5.94. The molecule has 1 aliphatic rings. The number of halogens is 1. The van der Waals surface area contributed by atoms with Gasteiger partial charge < -0.3 is 14.5 Å². The number of ketones is 1. The number of benzene rings is 2. The van der Waals surface area contributed by atoms with Gasteiger partial charge in [-0.15, -0.1) is 0 Å². The molecule has 1 aliphatic heterocycles. The van der Waals surface area contributed by atoms with Crippen molar-refractivity contribution in [2.45, 2.75) is 33.6 Å². The Morgan fingerprint density at radius 1 is 1.07 bits per heavy atom. The second kappa shape index (κ2) is 9.28. The summed E-state index contributed by atoms with van der Waals surface area (Å²) < 4.78 is 20.3. The molecular weight excluding hydrogens is 383 g/mol. The number of rotatable bonds is 6. The molecule has 2 aromatic carbocycles. The molecule has 0 saturated carbocycles. The van der Waals surface area contributed by atoms with E-state index < -0.39 is 5.82 Å². The Morgan fingerprint density at radius 3 is 2.37 bits per heavy atom. The number of piperazine rings is 1. The maximum atomic E-state index is 14.4. The van der Waals surface area contributed by atoms with Crippen LogP contribution in [0.5, 0.6) is 5.75 Å². The fourth-order valence-electron chi connectivity index (χ4n) is 3.65. The van der Waals surface area contributed by atoms with Gasteiger partial charge in [0.15, 0.2) is 12.4 Å². The van der Waals surface area contributed by atoms with E-state index in [1.807, 2.05) is 30.0 Å². The molecule has 0 atom stereocenters. The number of Topliss-reactive ketones (excluding diaryl/α,β-unsaturated/α-hetero) is 1. The number of nitrogens with zero attached hydrogens (tertiary/aromatic N) is 2. The molecule has 0 aromatic heterocycles. The molecule has 1 heterocycles. The molecule has 1 fully saturated rings. The van der Waals surface area contributed by atoms with E-state index in [1.165, 1.54) is 13.0 Å². The molecule has 0 N–H and O–H groups in total. The first kappa shape index (κ1) is 21.8. The van der Waals surface area contributed by atoms with Crippen molar-refractivity contribution in [3.8, 4) is 5.75 Å². The Kier molecular flexibility index (Phi) is 6.75. The van der Waals surface area contributed by atoms with E-state index >= 15 is 0 Å². The second-order valence-electron chi connectivity index (χ2n) is 8.07. The van der Waals surface area contributed by atoms with E-state index in [2.05, 4.69) is 13.8 Å². The molecule has 3 rings (SSSR count). The average molecular weight is 413 g/mol. The van der Waals surface area contributed by atoms with E-state index in [4.69, 9.17) is 4.74 Å². The maximum absolute atomic E-state index is 14.4. The molecule has 5 nitrogen and oxygen atoms in total. The van der Waals surface area contributed by atoms with Crippen LogP contribution in [0.4, 0.5) is 10.1 Å². The van der Waals surface area contributed by atoms with Crippen LogP contribution in [-0.2, 0) is 4.79 Å². The third kappa shape index (κ3) is 4.99. The van der Waals surface area contributed by atoms with E-state index in [-0.39, 0.29) is 18.3 Å². The number of anilines is 1. The number of amides is 1. The van der Waals surface area contributed by atoms with Crippen LogP contribution in [0.15, 0.2) is 36.4 Å². The topological polar surface area (TPSA) is 49.9 Å². The highest BCUT2D eigenvalue weighted by atomic mass is 19.1. The lowest BCUT2D eigenvalue weighted by molar-refractivity contribution is -0.133. The predicted octanol–water partition coefficient (Wildman–Crippen LogP) is 4.19. The van der Waals surface area contributed by atoms with Crippen LogP contribution < -0.4 is 9.64 Å². The zero-order chi connectivity index (χ0) is 21.8. The first-order chi connectivity index (χ1) is 14.3. The Balaban J connectivity index is 1.57. The SMILES string of the molecule is CC(=O)c1ccc(N2CCN(C(=O)COc3cc(C)ccc3C(C)C)CC2)c(F)c1. The second-order valence-corrected chi connectivity index (χ2v) is 8.07. The maximum Gasteiger partial charge on any atom is 0.260 e. The number of carbonyl (C=O) groups excluding carboxylic acids is 2. The summed E-state index contributed by atoms with van der Waals surface area (Å²) in [5.41, 5.74) is 3.00. The number of hydrogen-bond donors (Lipinski definition) is 0. The van der Waals surface area contributed by atoms with Crippen molar-refractivity contribution in [3.05, 3.63) is 58.9 Å². The van der Waals surface area contributed by atoms with Crippen LogP contribution in [-0.4, -0.2) is 49.4 Å². The molecule has 0 spiro atoms. The summed E-state index contributed by atoms with van der Waals surface area (Å²) in [7, 11) is 0. The summed E-state index contributed by atoms with van der Waals surface area (Å²) in [5.74, 6) is 0.419. The van der Waals surface area contributed by atoms with Crippen LogP contribution in [0.3, 0.4) is 0 Å². The Hall–Kier alpha value is -2.89. The van der Waals surface area contributed by atoms with Gasteiger partial charge in [-0.3, -0.25) is 9.59 Å². The summed E-state index contributed by atoms with van der Waals surface area (Å²) in [4.78, 5) is 27.7. The Labute approximate surface area is 177 Å². The summed E-state index contributed by atoms with van der Waals surface area (Å²) in [5, 5.41) is 0. The van der Waals surface area contributed by atoms with E-state index in [0.29, 0.717) is 43.3 Å². The van der Waals surface area contributed by atoms with Crippen molar-refractivity contribution in [1.29, 1.82) is 0 Å². The molecule has 1 amide bonds. The average Bonchev–Trinajstić information content (AvgIpc) is 2.71. The van der Waals surface area contributed by atoms with Crippen molar-refractivity contribution in [3.63, 3.8) is 0 Å². The van der Waals surface area contributed by atoms with Gasteiger partial charge in [0, 0.05) is 31.7 Å². The normalized spacial score (nSPS) is 14.2.